The van der Waals surface area contributed by atoms with Crippen molar-refractivity contribution in [2.24, 2.45) is 0 Å². The maximum absolute atomic E-state index is 12.6. The van der Waals surface area contributed by atoms with Crippen molar-refractivity contribution >= 4 is 23.3 Å². The van der Waals surface area contributed by atoms with Gasteiger partial charge in [0.05, 0.1) is 5.69 Å². The molecule has 2 amide bonds. The molecule has 0 spiro atoms. The van der Waals surface area contributed by atoms with Gasteiger partial charge in [0, 0.05) is 37.7 Å². The number of aromatic nitrogens is 2. The molecule has 1 aromatic heterocycles. The highest BCUT2D eigenvalue weighted by Gasteiger charge is 2.24. The SMILES string of the molecule is Cc1cc2n(n1)CCCN2C(=O)CCC(=O)Nc1c(C)cccc1C. The summed E-state index contributed by atoms with van der Waals surface area (Å²) in [6, 6.07) is 7.81. The molecule has 6 heteroatoms. The Balaban J connectivity index is 1.60. The molecule has 2 heterocycles. The van der Waals surface area contributed by atoms with Gasteiger partial charge in [0.25, 0.3) is 0 Å². The maximum Gasteiger partial charge on any atom is 0.228 e. The van der Waals surface area contributed by atoms with E-state index in [1.807, 2.05) is 49.7 Å². The van der Waals surface area contributed by atoms with E-state index in [0.717, 1.165) is 41.3 Å². The van der Waals surface area contributed by atoms with Crippen molar-refractivity contribution in [3.63, 3.8) is 0 Å². The summed E-state index contributed by atoms with van der Waals surface area (Å²) in [4.78, 5) is 26.6. The fourth-order valence-corrected chi connectivity index (χ4v) is 3.23. The quantitative estimate of drug-likeness (QED) is 0.930. The summed E-state index contributed by atoms with van der Waals surface area (Å²) in [6.07, 6.45) is 1.26. The van der Waals surface area contributed by atoms with Gasteiger partial charge < -0.3 is 5.32 Å². The van der Waals surface area contributed by atoms with Crippen LogP contribution in [0, 0.1) is 20.8 Å². The van der Waals surface area contributed by atoms with Crippen LogP contribution in [0.2, 0.25) is 0 Å². The highest BCUT2D eigenvalue weighted by atomic mass is 16.2. The van der Waals surface area contributed by atoms with Gasteiger partial charge >= 0.3 is 0 Å². The normalized spacial score (nSPS) is 13.5. The number of nitrogens with zero attached hydrogens (tertiary/aromatic N) is 3. The highest BCUT2D eigenvalue weighted by molar-refractivity contribution is 5.98. The number of aryl methyl sites for hydroxylation is 4. The van der Waals surface area contributed by atoms with Crippen molar-refractivity contribution in [1.29, 1.82) is 0 Å². The zero-order valence-electron chi connectivity index (χ0n) is 15.0. The summed E-state index contributed by atoms with van der Waals surface area (Å²) in [7, 11) is 0. The van der Waals surface area contributed by atoms with Crippen LogP contribution in [0.1, 0.15) is 36.1 Å². The Kier molecular flexibility index (Phi) is 4.88. The average Bonchev–Trinajstić information content (AvgIpc) is 2.96. The van der Waals surface area contributed by atoms with Crippen molar-refractivity contribution < 1.29 is 9.59 Å². The molecule has 0 saturated carbocycles. The molecule has 1 aromatic carbocycles. The van der Waals surface area contributed by atoms with E-state index in [4.69, 9.17) is 0 Å². The lowest BCUT2D eigenvalue weighted by Gasteiger charge is -2.27. The number of hydrogen-bond acceptors (Lipinski definition) is 3. The highest BCUT2D eigenvalue weighted by Crippen LogP contribution is 2.23. The van der Waals surface area contributed by atoms with Gasteiger partial charge in [-0.15, -0.1) is 0 Å². The third-order valence-corrected chi connectivity index (χ3v) is 4.52. The molecule has 0 fully saturated rings. The van der Waals surface area contributed by atoms with Crippen molar-refractivity contribution in [3.05, 3.63) is 41.1 Å². The van der Waals surface area contributed by atoms with Gasteiger partial charge in [0.1, 0.15) is 5.82 Å². The van der Waals surface area contributed by atoms with Crippen LogP contribution in [0.3, 0.4) is 0 Å². The molecular formula is C19H24N4O2. The van der Waals surface area contributed by atoms with Gasteiger partial charge in [-0.2, -0.15) is 5.10 Å². The summed E-state index contributed by atoms with van der Waals surface area (Å²) in [5.74, 6) is 0.675. The van der Waals surface area contributed by atoms with E-state index < -0.39 is 0 Å². The molecule has 6 nitrogen and oxygen atoms in total. The molecule has 1 N–H and O–H groups in total. The number of hydrogen-bond donors (Lipinski definition) is 1. The molecule has 3 rings (SSSR count). The first kappa shape index (κ1) is 17.2. The second-order valence-electron chi connectivity index (χ2n) is 6.58. The van der Waals surface area contributed by atoms with Crippen LogP contribution in [-0.4, -0.2) is 28.1 Å². The Labute approximate surface area is 147 Å². The minimum absolute atomic E-state index is 0.0301. The molecule has 25 heavy (non-hydrogen) atoms. The molecule has 0 atom stereocenters. The molecule has 2 aromatic rings. The number of amides is 2. The van der Waals surface area contributed by atoms with Gasteiger partial charge in [-0.1, -0.05) is 18.2 Å². The summed E-state index contributed by atoms with van der Waals surface area (Å²) >= 11 is 0. The predicted octanol–water partition coefficient (Wildman–Crippen LogP) is 2.96. The smallest absolute Gasteiger partial charge is 0.228 e. The standard InChI is InChI=1S/C19H24N4O2/c1-13-6-4-7-14(2)19(13)20-16(24)8-9-18(25)22-10-5-11-23-17(22)12-15(3)21-23/h4,6-7,12H,5,8-11H2,1-3H3,(H,20,24). The second kappa shape index (κ2) is 7.09. The van der Waals surface area contributed by atoms with Gasteiger partial charge in [0.15, 0.2) is 0 Å². The van der Waals surface area contributed by atoms with E-state index in [0.29, 0.717) is 6.54 Å². The van der Waals surface area contributed by atoms with Gasteiger partial charge in [-0.3, -0.25) is 14.5 Å². The Morgan fingerprint density at radius 2 is 1.84 bits per heavy atom. The Morgan fingerprint density at radius 3 is 2.56 bits per heavy atom. The molecule has 0 bridgehead atoms. The van der Waals surface area contributed by atoms with Crippen LogP contribution in [0.5, 0.6) is 0 Å². The number of carbonyl (C=O) groups excluding carboxylic acids is 2. The molecular weight excluding hydrogens is 316 g/mol. The topological polar surface area (TPSA) is 67.2 Å². The largest absolute Gasteiger partial charge is 0.326 e. The van der Waals surface area contributed by atoms with E-state index in [1.165, 1.54) is 0 Å². The molecule has 132 valence electrons. The first-order valence-corrected chi connectivity index (χ1v) is 8.66. The van der Waals surface area contributed by atoms with Crippen LogP contribution in [-0.2, 0) is 16.1 Å². The molecule has 1 aliphatic heterocycles. The fourth-order valence-electron chi connectivity index (χ4n) is 3.23. The number of rotatable bonds is 4. The molecule has 0 aliphatic carbocycles. The third-order valence-electron chi connectivity index (χ3n) is 4.52. The molecule has 0 saturated heterocycles. The summed E-state index contributed by atoms with van der Waals surface area (Å²) < 4.78 is 1.87. The van der Waals surface area contributed by atoms with E-state index in [9.17, 15) is 9.59 Å². The summed E-state index contributed by atoms with van der Waals surface area (Å²) in [5.41, 5.74) is 3.79. The zero-order chi connectivity index (χ0) is 18.0. The van der Waals surface area contributed by atoms with E-state index >= 15 is 0 Å². The summed E-state index contributed by atoms with van der Waals surface area (Å²) in [5, 5.41) is 7.33. The van der Waals surface area contributed by atoms with Crippen molar-refractivity contribution in [2.75, 3.05) is 16.8 Å². The Hall–Kier alpha value is -2.63. The first-order valence-electron chi connectivity index (χ1n) is 8.66. The second-order valence-corrected chi connectivity index (χ2v) is 6.58. The van der Waals surface area contributed by atoms with Crippen LogP contribution < -0.4 is 10.2 Å². The number of para-hydroxylation sites is 1. The average molecular weight is 340 g/mol. The maximum atomic E-state index is 12.6. The van der Waals surface area contributed by atoms with Crippen LogP contribution in [0.25, 0.3) is 0 Å². The monoisotopic (exact) mass is 340 g/mol. The van der Waals surface area contributed by atoms with E-state index in [-0.39, 0.29) is 24.7 Å². The number of nitrogens with one attached hydrogen (secondary N) is 1. The minimum Gasteiger partial charge on any atom is -0.326 e. The number of benzene rings is 1. The first-order chi connectivity index (χ1) is 12.0. The lowest BCUT2D eigenvalue weighted by atomic mass is 10.1. The number of fused-ring (bicyclic) bond motifs is 1. The predicted molar refractivity (Wildman–Crippen MR) is 97.7 cm³/mol. The Bertz CT molecular complexity index is 790. The van der Waals surface area contributed by atoms with Gasteiger partial charge in [-0.25, -0.2) is 4.68 Å². The molecule has 0 radical (unpaired) electrons. The van der Waals surface area contributed by atoms with Gasteiger partial charge in [-0.05, 0) is 38.3 Å². The van der Waals surface area contributed by atoms with Crippen molar-refractivity contribution in [2.45, 2.75) is 46.6 Å². The number of carbonyl (C=O) groups is 2. The van der Waals surface area contributed by atoms with Crippen LogP contribution in [0.15, 0.2) is 24.3 Å². The number of anilines is 2. The third kappa shape index (κ3) is 3.73. The van der Waals surface area contributed by atoms with E-state index in [2.05, 4.69) is 10.4 Å². The van der Waals surface area contributed by atoms with Crippen LogP contribution in [0.4, 0.5) is 11.5 Å². The lowest BCUT2D eigenvalue weighted by molar-refractivity contribution is -0.122. The van der Waals surface area contributed by atoms with Crippen molar-refractivity contribution in [1.82, 2.24) is 9.78 Å². The van der Waals surface area contributed by atoms with Crippen LogP contribution >= 0.6 is 0 Å². The van der Waals surface area contributed by atoms with Crippen molar-refractivity contribution in [3.8, 4) is 0 Å². The minimum atomic E-state index is -0.132. The fraction of sp³-hybridized carbons (Fsp3) is 0.421. The lowest BCUT2D eigenvalue weighted by Crippen LogP contribution is -2.37. The van der Waals surface area contributed by atoms with E-state index in [1.54, 1.807) is 4.90 Å². The molecule has 1 aliphatic rings. The Morgan fingerprint density at radius 1 is 1.12 bits per heavy atom. The summed E-state index contributed by atoms with van der Waals surface area (Å²) in [6.45, 7) is 7.37. The van der Waals surface area contributed by atoms with Gasteiger partial charge in [0.2, 0.25) is 11.8 Å². The zero-order valence-corrected chi connectivity index (χ0v) is 15.0. The molecule has 0 unspecified atom stereocenters.